The van der Waals surface area contributed by atoms with E-state index in [-0.39, 0.29) is 19.1 Å². The van der Waals surface area contributed by atoms with Crippen LogP contribution >= 0.6 is 22.9 Å². The summed E-state index contributed by atoms with van der Waals surface area (Å²) in [4.78, 5) is 17.7. The van der Waals surface area contributed by atoms with Gasteiger partial charge in [0.1, 0.15) is 17.5 Å². The number of hydrogen-bond donors (Lipinski definition) is 2. The van der Waals surface area contributed by atoms with E-state index in [1.807, 2.05) is 53.9 Å². The molecule has 0 aliphatic heterocycles. The number of amides is 1. The van der Waals surface area contributed by atoms with Crippen LogP contribution in [0.4, 0.5) is 0 Å². The van der Waals surface area contributed by atoms with Gasteiger partial charge < -0.3 is 15.6 Å². The smallest absolute Gasteiger partial charge is 0.222 e. The highest BCUT2D eigenvalue weighted by atomic mass is 35.5. The summed E-state index contributed by atoms with van der Waals surface area (Å²) >= 11 is 7.83. The number of aromatic nitrogens is 2. The summed E-state index contributed by atoms with van der Waals surface area (Å²) in [6, 6.07) is 13.1. The van der Waals surface area contributed by atoms with Crippen molar-refractivity contribution in [2.24, 2.45) is 5.73 Å². The molecule has 3 heterocycles. The lowest BCUT2D eigenvalue weighted by molar-refractivity contribution is -0.117. The van der Waals surface area contributed by atoms with Gasteiger partial charge in [-0.1, -0.05) is 29.8 Å². The van der Waals surface area contributed by atoms with Crippen molar-refractivity contribution in [3.63, 3.8) is 0 Å². The molecular weight excluding hydrogens is 422 g/mol. The molecule has 154 valence electrons. The van der Waals surface area contributed by atoms with Crippen LogP contribution in [0.25, 0.3) is 16.2 Å². The van der Waals surface area contributed by atoms with Crippen LogP contribution in [-0.4, -0.2) is 20.4 Å². The molecule has 0 bridgehead atoms. The molecule has 0 aliphatic carbocycles. The van der Waals surface area contributed by atoms with Crippen LogP contribution in [-0.2, 0) is 17.8 Å². The van der Waals surface area contributed by atoms with Gasteiger partial charge in [0.05, 0.1) is 34.7 Å². The van der Waals surface area contributed by atoms with Crippen molar-refractivity contribution >= 4 is 34.5 Å². The molecule has 1 aromatic carbocycles. The fraction of sp³-hybridized carbons (Fsp3) is 0.182. The zero-order chi connectivity index (χ0) is 21.3. The largest absolute Gasteiger partial charge is 0.485 e. The zero-order valence-electron chi connectivity index (χ0n) is 16.2. The second-order valence-corrected chi connectivity index (χ2v) is 8.43. The molecule has 0 fully saturated rings. The molecule has 0 unspecified atom stereocenters. The van der Waals surface area contributed by atoms with Crippen LogP contribution in [0.3, 0.4) is 0 Å². The van der Waals surface area contributed by atoms with Gasteiger partial charge in [-0.25, -0.2) is 4.98 Å². The molecule has 4 aromatic rings. The third-order valence-corrected chi connectivity index (χ3v) is 6.23. The summed E-state index contributed by atoms with van der Waals surface area (Å²) in [7, 11) is 0. The number of thiophene rings is 1. The van der Waals surface area contributed by atoms with E-state index in [2.05, 4.69) is 4.98 Å². The minimum absolute atomic E-state index is 0.0782. The number of rotatable bonds is 7. The summed E-state index contributed by atoms with van der Waals surface area (Å²) in [5.41, 5.74) is 8.73. The maximum absolute atomic E-state index is 11.6. The molecular formula is C22H20ClN3O3S. The van der Waals surface area contributed by atoms with E-state index in [0.717, 1.165) is 32.2 Å². The molecule has 0 aliphatic rings. The van der Waals surface area contributed by atoms with Crippen molar-refractivity contribution in [1.82, 2.24) is 9.38 Å². The van der Waals surface area contributed by atoms with Gasteiger partial charge in [0.25, 0.3) is 0 Å². The van der Waals surface area contributed by atoms with Gasteiger partial charge in [-0.15, -0.1) is 11.3 Å². The average Bonchev–Trinajstić information content (AvgIpc) is 3.31. The SMILES string of the molecule is C[C@@H](Oc1cc(-c2cnc3ccccn23)sc1CC(N)=O)c1ccc(CO)cc1Cl. The number of carbonyl (C=O) groups is 1. The first-order valence-electron chi connectivity index (χ1n) is 9.35. The normalized spacial score (nSPS) is 12.2. The number of aliphatic hydroxyl groups is 1. The Balaban J connectivity index is 1.69. The number of fused-ring (bicyclic) bond motifs is 1. The molecule has 0 spiro atoms. The Hall–Kier alpha value is -2.87. The summed E-state index contributed by atoms with van der Waals surface area (Å²) < 4.78 is 8.19. The number of primary amides is 1. The minimum Gasteiger partial charge on any atom is -0.485 e. The topological polar surface area (TPSA) is 89.9 Å². The van der Waals surface area contributed by atoms with Gasteiger partial charge in [0.2, 0.25) is 5.91 Å². The van der Waals surface area contributed by atoms with Crippen molar-refractivity contribution in [2.45, 2.75) is 26.1 Å². The molecule has 6 nitrogen and oxygen atoms in total. The van der Waals surface area contributed by atoms with Crippen LogP contribution in [0.1, 0.15) is 29.0 Å². The molecule has 0 saturated carbocycles. The standard InChI is InChI=1S/C22H20ClN3O3S/c1-13(15-6-5-14(12-27)8-16(15)23)29-18-9-19(30-20(18)10-21(24)28)17-11-25-22-4-2-3-7-26(17)22/h2-9,11,13,27H,10,12H2,1H3,(H2,24,28)/t13-/m1/s1. The highest BCUT2D eigenvalue weighted by Gasteiger charge is 2.20. The number of hydrogen-bond acceptors (Lipinski definition) is 5. The van der Waals surface area contributed by atoms with E-state index in [1.54, 1.807) is 12.3 Å². The quantitative estimate of drug-likeness (QED) is 0.445. The monoisotopic (exact) mass is 441 g/mol. The Morgan fingerprint density at radius 2 is 2.17 bits per heavy atom. The third kappa shape index (κ3) is 4.05. The van der Waals surface area contributed by atoms with Crippen LogP contribution < -0.4 is 10.5 Å². The van der Waals surface area contributed by atoms with Crippen molar-refractivity contribution in [3.8, 4) is 16.3 Å². The highest BCUT2D eigenvalue weighted by Crippen LogP contribution is 2.39. The van der Waals surface area contributed by atoms with Crippen LogP contribution in [0, 0.1) is 0 Å². The van der Waals surface area contributed by atoms with Gasteiger partial charge >= 0.3 is 0 Å². The van der Waals surface area contributed by atoms with E-state index >= 15 is 0 Å². The lowest BCUT2D eigenvalue weighted by Crippen LogP contribution is -2.14. The Morgan fingerprint density at radius 1 is 1.33 bits per heavy atom. The van der Waals surface area contributed by atoms with E-state index in [4.69, 9.17) is 22.1 Å². The minimum atomic E-state index is -0.427. The van der Waals surface area contributed by atoms with Crippen molar-refractivity contribution < 1.29 is 14.6 Å². The fourth-order valence-electron chi connectivity index (χ4n) is 3.29. The van der Waals surface area contributed by atoms with Crippen LogP contribution in [0.15, 0.2) is 54.9 Å². The summed E-state index contributed by atoms with van der Waals surface area (Å²) in [6.07, 6.45) is 3.46. The second kappa shape index (κ2) is 8.47. The van der Waals surface area contributed by atoms with Crippen LogP contribution in [0.5, 0.6) is 5.75 Å². The first-order valence-corrected chi connectivity index (χ1v) is 10.5. The van der Waals surface area contributed by atoms with Gasteiger partial charge in [0, 0.05) is 22.8 Å². The first kappa shape index (κ1) is 20.4. The molecule has 1 atom stereocenters. The van der Waals surface area contributed by atoms with E-state index < -0.39 is 5.91 Å². The van der Waals surface area contributed by atoms with E-state index in [0.29, 0.717) is 10.8 Å². The number of nitrogens with two attached hydrogens (primary N) is 1. The molecule has 3 N–H and O–H groups in total. The maximum atomic E-state index is 11.6. The lowest BCUT2D eigenvalue weighted by atomic mass is 10.1. The second-order valence-electron chi connectivity index (χ2n) is 6.89. The lowest BCUT2D eigenvalue weighted by Gasteiger charge is -2.17. The predicted molar refractivity (Wildman–Crippen MR) is 118 cm³/mol. The van der Waals surface area contributed by atoms with Crippen LogP contribution in [0.2, 0.25) is 5.02 Å². The van der Waals surface area contributed by atoms with Gasteiger partial charge in [0.15, 0.2) is 0 Å². The average molecular weight is 442 g/mol. The summed E-state index contributed by atoms with van der Waals surface area (Å²) in [5.74, 6) is 0.166. The predicted octanol–water partition coefficient (Wildman–Crippen LogP) is 4.38. The zero-order valence-corrected chi connectivity index (χ0v) is 17.8. The number of halogens is 1. The van der Waals surface area contributed by atoms with E-state index in [1.165, 1.54) is 11.3 Å². The van der Waals surface area contributed by atoms with E-state index in [9.17, 15) is 9.90 Å². The molecule has 4 rings (SSSR count). The molecule has 8 heteroatoms. The number of ether oxygens (including phenoxy) is 1. The summed E-state index contributed by atoms with van der Waals surface area (Å²) in [5, 5.41) is 9.79. The first-order chi connectivity index (χ1) is 14.5. The Kier molecular flexibility index (Phi) is 5.76. The molecule has 1 amide bonds. The Morgan fingerprint density at radius 3 is 2.90 bits per heavy atom. The molecule has 30 heavy (non-hydrogen) atoms. The number of carbonyl (C=O) groups excluding carboxylic acids is 1. The number of aliphatic hydroxyl groups excluding tert-OH is 1. The molecule has 3 aromatic heterocycles. The summed E-state index contributed by atoms with van der Waals surface area (Å²) in [6.45, 7) is 1.81. The van der Waals surface area contributed by atoms with Crippen molar-refractivity contribution in [3.05, 3.63) is 75.9 Å². The molecule has 0 saturated heterocycles. The maximum Gasteiger partial charge on any atom is 0.222 e. The molecule has 0 radical (unpaired) electrons. The Bertz CT molecular complexity index is 1220. The van der Waals surface area contributed by atoms with Gasteiger partial charge in [-0.05, 0) is 30.7 Å². The number of pyridine rings is 1. The highest BCUT2D eigenvalue weighted by molar-refractivity contribution is 7.15. The fourth-order valence-corrected chi connectivity index (χ4v) is 4.75. The number of benzene rings is 1. The van der Waals surface area contributed by atoms with Gasteiger partial charge in [-0.3, -0.25) is 9.20 Å². The van der Waals surface area contributed by atoms with Gasteiger partial charge in [-0.2, -0.15) is 0 Å². The Labute approximate surface area is 182 Å². The van der Waals surface area contributed by atoms with Crippen molar-refractivity contribution in [2.75, 3.05) is 0 Å². The number of imidazole rings is 1. The third-order valence-electron chi connectivity index (χ3n) is 4.76. The number of nitrogens with zero attached hydrogens (tertiary/aromatic N) is 2. The van der Waals surface area contributed by atoms with Crippen molar-refractivity contribution in [1.29, 1.82) is 0 Å².